The van der Waals surface area contributed by atoms with Gasteiger partial charge in [0.2, 0.25) is 0 Å². The molecule has 2 N–H and O–H groups in total. The molecule has 0 aromatic carbocycles. The lowest BCUT2D eigenvalue weighted by atomic mass is 9.96. The molecule has 0 spiro atoms. The van der Waals surface area contributed by atoms with E-state index < -0.39 is 6.10 Å². The van der Waals surface area contributed by atoms with Crippen molar-refractivity contribution in [1.29, 1.82) is 0 Å². The van der Waals surface area contributed by atoms with Gasteiger partial charge in [0, 0.05) is 19.8 Å². The van der Waals surface area contributed by atoms with Gasteiger partial charge in [0.05, 0.1) is 13.2 Å². The van der Waals surface area contributed by atoms with Crippen LogP contribution < -0.4 is 0 Å². The van der Waals surface area contributed by atoms with Crippen molar-refractivity contribution < 1.29 is 19.7 Å². The van der Waals surface area contributed by atoms with E-state index in [0.29, 0.717) is 6.61 Å². The third-order valence-corrected chi connectivity index (χ3v) is 3.14. The van der Waals surface area contributed by atoms with Gasteiger partial charge >= 0.3 is 0 Å². The summed E-state index contributed by atoms with van der Waals surface area (Å²) < 4.78 is 10.1. The quantitative estimate of drug-likeness (QED) is 0.543. The van der Waals surface area contributed by atoms with Crippen molar-refractivity contribution in [2.24, 2.45) is 5.92 Å². The van der Waals surface area contributed by atoms with E-state index in [2.05, 4.69) is 13.8 Å². The van der Waals surface area contributed by atoms with Gasteiger partial charge in [0.1, 0.15) is 6.10 Å². The van der Waals surface area contributed by atoms with Crippen LogP contribution in [0.5, 0.6) is 0 Å². The summed E-state index contributed by atoms with van der Waals surface area (Å²) >= 11 is 0. The fourth-order valence-electron chi connectivity index (χ4n) is 1.77. The molecule has 0 amide bonds. The maximum atomic E-state index is 9.05. The van der Waals surface area contributed by atoms with Crippen molar-refractivity contribution in [3.8, 4) is 0 Å². The average Bonchev–Trinajstić information content (AvgIpc) is 2.47. The molecule has 0 bridgehead atoms. The molecular weight excluding hydrogens is 256 g/mol. The molecule has 2 unspecified atom stereocenters. The van der Waals surface area contributed by atoms with Crippen LogP contribution in [0.2, 0.25) is 0 Å². The zero-order valence-electron chi connectivity index (χ0n) is 13.9. The van der Waals surface area contributed by atoms with Crippen LogP contribution in [-0.4, -0.2) is 49.4 Å². The van der Waals surface area contributed by atoms with Gasteiger partial charge in [0.25, 0.3) is 0 Å². The topological polar surface area (TPSA) is 58.9 Å². The van der Waals surface area contributed by atoms with Crippen LogP contribution in [0.3, 0.4) is 0 Å². The zero-order chi connectivity index (χ0) is 15.6. The van der Waals surface area contributed by atoms with Crippen LogP contribution >= 0.6 is 0 Å². The molecule has 0 aliphatic rings. The lowest BCUT2D eigenvalue weighted by Gasteiger charge is -2.15. The van der Waals surface area contributed by atoms with Gasteiger partial charge in [-0.25, -0.2) is 0 Å². The highest BCUT2D eigenvalue weighted by atomic mass is 16.5. The van der Waals surface area contributed by atoms with Gasteiger partial charge in [-0.3, -0.25) is 0 Å². The molecule has 0 saturated carbocycles. The molecule has 0 saturated heterocycles. The molecule has 0 fully saturated rings. The second-order valence-corrected chi connectivity index (χ2v) is 4.90. The second-order valence-electron chi connectivity index (χ2n) is 4.90. The van der Waals surface area contributed by atoms with E-state index in [4.69, 9.17) is 19.7 Å². The molecule has 124 valence electrons. The first-order chi connectivity index (χ1) is 9.65. The third-order valence-electron chi connectivity index (χ3n) is 3.14. The van der Waals surface area contributed by atoms with E-state index in [1.54, 1.807) is 0 Å². The molecule has 4 heteroatoms. The number of aliphatic hydroxyl groups is 2. The standard InChI is InChI=1S/C12H26O3.C4H10O/c1-3-5-6-11(4-2)7-8-15-10-12(14)9-13;1-3-5-4-2/h11-14H,3-10H2,1-2H3;3-4H2,1-2H3. The third kappa shape index (κ3) is 17.8. The van der Waals surface area contributed by atoms with Gasteiger partial charge < -0.3 is 19.7 Å². The summed E-state index contributed by atoms with van der Waals surface area (Å²) in [5.41, 5.74) is 0. The number of unbranched alkanes of at least 4 members (excludes halogenated alkanes) is 1. The number of rotatable bonds is 12. The summed E-state index contributed by atoms with van der Waals surface area (Å²) in [6.45, 7) is 10.8. The SMILES string of the molecule is CCCCC(CC)CCOCC(O)CO.CCOCC. The van der Waals surface area contributed by atoms with Crippen LogP contribution in [0, 0.1) is 5.92 Å². The van der Waals surface area contributed by atoms with Gasteiger partial charge in [-0.05, 0) is 26.2 Å². The average molecular weight is 292 g/mol. The Labute approximate surface area is 125 Å². The zero-order valence-corrected chi connectivity index (χ0v) is 13.9. The fraction of sp³-hybridized carbons (Fsp3) is 1.00. The molecule has 0 aliphatic carbocycles. The minimum absolute atomic E-state index is 0.215. The Morgan fingerprint density at radius 2 is 1.60 bits per heavy atom. The molecule has 20 heavy (non-hydrogen) atoms. The van der Waals surface area contributed by atoms with Crippen molar-refractivity contribution in [3.05, 3.63) is 0 Å². The number of hydrogen-bond donors (Lipinski definition) is 2. The van der Waals surface area contributed by atoms with E-state index >= 15 is 0 Å². The van der Waals surface area contributed by atoms with Crippen LogP contribution in [0.15, 0.2) is 0 Å². The van der Waals surface area contributed by atoms with Gasteiger partial charge in [-0.1, -0.05) is 39.5 Å². The smallest absolute Gasteiger partial charge is 0.100 e. The molecule has 0 aliphatic heterocycles. The van der Waals surface area contributed by atoms with Crippen molar-refractivity contribution in [1.82, 2.24) is 0 Å². The molecule has 0 radical (unpaired) electrons. The molecule has 0 heterocycles. The summed E-state index contributed by atoms with van der Waals surface area (Å²) in [7, 11) is 0. The van der Waals surface area contributed by atoms with E-state index in [0.717, 1.165) is 25.6 Å². The normalized spacial score (nSPS) is 13.5. The lowest BCUT2D eigenvalue weighted by molar-refractivity contribution is 0.00239. The minimum Gasteiger partial charge on any atom is -0.394 e. The summed E-state index contributed by atoms with van der Waals surface area (Å²) in [6.07, 6.45) is 5.36. The summed E-state index contributed by atoms with van der Waals surface area (Å²) in [6, 6.07) is 0. The highest BCUT2D eigenvalue weighted by Gasteiger charge is 2.06. The highest BCUT2D eigenvalue weighted by molar-refractivity contribution is 4.57. The molecule has 4 nitrogen and oxygen atoms in total. The second kappa shape index (κ2) is 18.8. The van der Waals surface area contributed by atoms with Crippen LogP contribution in [0.25, 0.3) is 0 Å². The van der Waals surface area contributed by atoms with E-state index in [1.165, 1.54) is 25.7 Å². The molecule has 2 atom stereocenters. The Morgan fingerprint density at radius 3 is 2.00 bits per heavy atom. The molecule has 0 rings (SSSR count). The maximum Gasteiger partial charge on any atom is 0.100 e. The minimum atomic E-state index is -0.722. The van der Waals surface area contributed by atoms with Gasteiger partial charge in [0.15, 0.2) is 0 Å². The summed E-state index contributed by atoms with van der Waals surface area (Å²) in [5, 5.41) is 17.6. The Balaban J connectivity index is 0. The Morgan fingerprint density at radius 1 is 0.950 bits per heavy atom. The molecule has 0 aromatic rings. The monoisotopic (exact) mass is 292 g/mol. The maximum absolute atomic E-state index is 9.05. The summed E-state index contributed by atoms with van der Waals surface area (Å²) in [5.74, 6) is 0.746. The van der Waals surface area contributed by atoms with Crippen LogP contribution in [-0.2, 0) is 9.47 Å². The first kappa shape index (κ1) is 22.1. The fourth-order valence-corrected chi connectivity index (χ4v) is 1.77. The van der Waals surface area contributed by atoms with Crippen molar-refractivity contribution in [2.45, 2.75) is 65.9 Å². The van der Waals surface area contributed by atoms with Gasteiger partial charge in [-0.15, -0.1) is 0 Å². The predicted molar refractivity (Wildman–Crippen MR) is 84.0 cm³/mol. The molecular formula is C16H36O4. The Kier molecular flexibility index (Phi) is 20.8. The van der Waals surface area contributed by atoms with Crippen molar-refractivity contribution >= 4 is 0 Å². The Bertz CT molecular complexity index is 163. The van der Waals surface area contributed by atoms with Crippen molar-refractivity contribution in [2.75, 3.05) is 33.0 Å². The lowest BCUT2D eigenvalue weighted by Crippen LogP contribution is -2.20. The van der Waals surface area contributed by atoms with Crippen molar-refractivity contribution in [3.63, 3.8) is 0 Å². The number of ether oxygens (including phenoxy) is 2. The van der Waals surface area contributed by atoms with Crippen LogP contribution in [0.1, 0.15) is 59.8 Å². The van der Waals surface area contributed by atoms with Gasteiger partial charge in [-0.2, -0.15) is 0 Å². The largest absolute Gasteiger partial charge is 0.394 e. The van der Waals surface area contributed by atoms with E-state index in [1.807, 2.05) is 13.8 Å². The predicted octanol–water partition coefficient (Wildman–Crippen LogP) is 3.01. The highest BCUT2D eigenvalue weighted by Crippen LogP contribution is 2.16. The van der Waals surface area contributed by atoms with E-state index in [-0.39, 0.29) is 13.2 Å². The number of aliphatic hydroxyl groups excluding tert-OH is 2. The van der Waals surface area contributed by atoms with E-state index in [9.17, 15) is 0 Å². The summed E-state index contributed by atoms with van der Waals surface area (Å²) in [4.78, 5) is 0. The van der Waals surface area contributed by atoms with Crippen LogP contribution in [0.4, 0.5) is 0 Å². The molecule has 0 aromatic heterocycles. The first-order valence-corrected chi connectivity index (χ1v) is 8.10. The first-order valence-electron chi connectivity index (χ1n) is 8.10. The Hall–Kier alpha value is -0.160. The number of hydrogen-bond acceptors (Lipinski definition) is 4.